The predicted octanol–water partition coefficient (Wildman–Crippen LogP) is 3.22. The van der Waals surface area contributed by atoms with Crippen molar-refractivity contribution in [1.29, 1.82) is 0 Å². The van der Waals surface area contributed by atoms with E-state index in [1.54, 1.807) is 6.92 Å². The molecule has 1 aliphatic heterocycles. The Kier molecular flexibility index (Phi) is 3.45. The highest BCUT2D eigenvalue weighted by atomic mass is 35.5. The van der Waals surface area contributed by atoms with Gasteiger partial charge in [-0.2, -0.15) is 0 Å². The van der Waals surface area contributed by atoms with Crippen molar-refractivity contribution < 1.29 is 8.78 Å². The summed E-state index contributed by atoms with van der Waals surface area (Å²) in [6.45, 7) is 2.53. The van der Waals surface area contributed by atoms with Gasteiger partial charge in [0.2, 0.25) is 0 Å². The summed E-state index contributed by atoms with van der Waals surface area (Å²) in [5.74, 6) is -1.07. The smallest absolute Gasteiger partial charge is 0.147 e. The van der Waals surface area contributed by atoms with E-state index in [9.17, 15) is 8.78 Å². The third kappa shape index (κ3) is 2.20. The van der Waals surface area contributed by atoms with Crippen molar-refractivity contribution >= 4 is 11.6 Å². The SMILES string of the molecule is Cc1cc(Cl)c(F)c(CC2CCCN2)c1F. The third-order valence-electron chi connectivity index (χ3n) is 3.04. The first-order chi connectivity index (χ1) is 7.59. The van der Waals surface area contributed by atoms with Crippen LogP contribution in [0.1, 0.15) is 24.0 Å². The zero-order valence-electron chi connectivity index (χ0n) is 9.12. The van der Waals surface area contributed by atoms with Crippen LogP contribution < -0.4 is 5.32 Å². The number of benzene rings is 1. The summed E-state index contributed by atoms with van der Waals surface area (Å²) >= 11 is 5.71. The van der Waals surface area contributed by atoms with Gasteiger partial charge in [-0.05, 0) is 44.4 Å². The fourth-order valence-electron chi connectivity index (χ4n) is 2.15. The summed E-state index contributed by atoms with van der Waals surface area (Å²) in [4.78, 5) is 0. The monoisotopic (exact) mass is 245 g/mol. The lowest BCUT2D eigenvalue weighted by atomic mass is 10.0. The van der Waals surface area contributed by atoms with Crippen molar-refractivity contribution in [2.75, 3.05) is 6.54 Å². The molecule has 0 amide bonds. The Labute approximate surface area is 98.8 Å². The second-order valence-electron chi connectivity index (χ2n) is 4.28. The van der Waals surface area contributed by atoms with E-state index in [4.69, 9.17) is 11.6 Å². The lowest BCUT2D eigenvalue weighted by molar-refractivity contribution is 0.516. The molecular formula is C12H14ClF2N. The molecule has 16 heavy (non-hydrogen) atoms. The summed E-state index contributed by atoms with van der Waals surface area (Å²) in [5, 5.41) is 3.23. The molecule has 88 valence electrons. The standard InChI is InChI=1S/C12H14ClF2N/c1-7-5-10(13)12(15)9(11(7)14)6-8-3-2-4-16-8/h5,8,16H,2-4,6H2,1H3. The van der Waals surface area contributed by atoms with Crippen LogP contribution in [0.25, 0.3) is 0 Å². The van der Waals surface area contributed by atoms with E-state index >= 15 is 0 Å². The molecule has 0 bridgehead atoms. The average molecular weight is 246 g/mol. The molecule has 0 radical (unpaired) electrons. The second-order valence-corrected chi connectivity index (χ2v) is 4.69. The molecule has 0 aliphatic carbocycles. The van der Waals surface area contributed by atoms with Gasteiger partial charge in [0.05, 0.1) is 5.02 Å². The van der Waals surface area contributed by atoms with Crippen LogP contribution in [-0.4, -0.2) is 12.6 Å². The molecule has 1 fully saturated rings. The molecule has 1 heterocycles. The number of nitrogens with one attached hydrogen (secondary N) is 1. The first kappa shape index (κ1) is 11.8. The Hall–Kier alpha value is -0.670. The van der Waals surface area contributed by atoms with Crippen LogP contribution in [0.15, 0.2) is 6.07 Å². The van der Waals surface area contributed by atoms with Crippen LogP contribution in [-0.2, 0) is 6.42 Å². The Morgan fingerprint density at radius 3 is 2.81 bits per heavy atom. The molecule has 1 aromatic carbocycles. The van der Waals surface area contributed by atoms with Crippen molar-refractivity contribution in [3.05, 3.63) is 33.9 Å². The molecule has 1 atom stereocenters. The van der Waals surface area contributed by atoms with E-state index in [0.717, 1.165) is 19.4 Å². The van der Waals surface area contributed by atoms with Crippen molar-refractivity contribution in [3.8, 4) is 0 Å². The van der Waals surface area contributed by atoms with Crippen molar-refractivity contribution in [3.63, 3.8) is 0 Å². The van der Waals surface area contributed by atoms with E-state index in [2.05, 4.69) is 5.32 Å². The highest BCUT2D eigenvalue weighted by molar-refractivity contribution is 6.30. The number of hydrogen-bond donors (Lipinski definition) is 1. The Bertz CT molecular complexity index is 374. The van der Waals surface area contributed by atoms with Gasteiger partial charge in [0.1, 0.15) is 11.6 Å². The third-order valence-corrected chi connectivity index (χ3v) is 3.32. The van der Waals surface area contributed by atoms with Crippen LogP contribution in [0.2, 0.25) is 5.02 Å². The molecule has 0 saturated carbocycles. The van der Waals surface area contributed by atoms with Gasteiger partial charge in [-0.15, -0.1) is 0 Å². The summed E-state index contributed by atoms with van der Waals surface area (Å²) < 4.78 is 27.5. The minimum atomic E-state index is -0.613. The zero-order chi connectivity index (χ0) is 11.7. The van der Waals surface area contributed by atoms with E-state index in [-0.39, 0.29) is 16.6 Å². The molecule has 1 aromatic rings. The Morgan fingerprint density at radius 2 is 2.19 bits per heavy atom. The fraction of sp³-hybridized carbons (Fsp3) is 0.500. The highest BCUT2D eigenvalue weighted by Crippen LogP contribution is 2.26. The Morgan fingerprint density at radius 1 is 1.44 bits per heavy atom. The van der Waals surface area contributed by atoms with Gasteiger partial charge in [-0.25, -0.2) is 8.78 Å². The van der Waals surface area contributed by atoms with Crippen molar-refractivity contribution in [2.45, 2.75) is 32.2 Å². The molecule has 1 unspecified atom stereocenters. The second kappa shape index (κ2) is 4.68. The minimum absolute atomic E-state index is 0.00639. The predicted molar refractivity (Wildman–Crippen MR) is 60.8 cm³/mol. The molecule has 1 N–H and O–H groups in total. The maximum Gasteiger partial charge on any atom is 0.147 e. The first-order valence-electron chi connectivity index (χ1n) is 5.46. The van der Waals surface area contributed by atoms with Gasteiger partial charge >= 0.3 is 0 Å². The van der Waals surface area contributed by atoms with Gasteiger partial charge < -0.3 is 5.32 Å². The van der Waals surface area contributed by atoms with Gasteiger partial charge in [0.15, 0.2) is 0 Å². The largest absolute Gasteiger partial charge is 0.314 e. The molecule has 1 saturated heterocycles. The van der Waals surface area contributed by atoms with Crippen LogP contribution in [0.5, 0.6) is 0 Å². The van der Waals surface area contributed by atoms with E-state index < -0.39 is 11.6 Å². The molecule has 2 rings (SSSR count). The summed E-state index contributed by atoms with van der Waals surface area (Å²) in [6.07, 6.45) is 2.40. The molecule has 1 nitrogen and oxygen atoms in total. The zero-order valence-corrected chi connectivity index (χ0v) is 9.87. The maximum absolute atomic E-state index is 13.8. The van der Waals surface area contributed by atoms with E-state index in [0.29, 0.717) is 12.0 Å². The topological polar surface area (TPSA) is 12.0 Å². The van der Waals surface area contributed by atoms with Gasteiger partial charge in [0.25, 0.3) is 0 Å². The molecule has 4 heteroatoms. The fourth-order valence-corrected chi connectivity index (χ4v) is 2.43. The van der Waals surface area contributed by atoms with Gasteiger partial charge in [-0.1, -0.05) is 11.6 Å². The number of rotatable bonds is 2. The highest BCUT2D eigenvalue weighted by Gasteiger charge is 2.21. The summed E-state index contributed by atoms with van der Waals surface area (Å²) in [7, 11) is 0. The summed E-state index contributed by atoms with van der Waals surface area (Å²) in [5.41, 5.74) is 0.517. The average Bonchev–Trinajstić information content (AvgIpc) is 2.74. The quantitative estimate of drug-likeness (QED) is 0.789. The maximum atomic E-state index is 13.8. The first-order valence-corrected chi connectivity index (χ1v) is 5.83. The lowest BCUT2D eigenvalue weighted by Gasteiger charge is -2.13. The van der Waals surface area contributed by atoms with Crippen molar-refractivity contribution in [2.24, 2.45) is 0 Å². The van der Waals surface area contributed by atoms with E-state index in [1.807, 2.05) is 0 Å². The van der Waals surface area contributed by atoms with Crippen LogP contribution in [0, 0.1) is 18.6 Å². The van der Waals surface area contributed by atoms with Gasteiger partial charge in [-0.3, -0.25) is 0 Å². The molecule has 0 aromatic heterocycles. The number of halogens is 3. The normalized spacial score (nSPS) is 20.4. The number of aryl methyl sites for hydroxylation is 1. The molecular weight excluding hydrogens is 232 g/mol. The molecule has 0 spiro atoms. The Balaban J connectivity index is 2.31. The minimum Gasteiger partial charge on any atom is -0.314 e. The lowest BCUT2D eigenvalue weighted by Crippen LogP contribution is -2.25. The van der Waals surface area contributed by atoms with Crippen LogP contribution in [0.4, 0.5) is 8.78 Å². The number of hydrogen-bond acceptors (Lipinski definition) is 1. The van der Waals surface area contributed by atoms with E-state index in [1.165, 1.54) is 6.07 Å². The van der Waals surface area contributed by atoms with Crippen LogP contribution in [0.3, 0.4) is 0 Å². The van der Waals surface area contributed by atoms with Crippen molar-refractivity contribution in [1.82, 2.24) is 5.32 Å². The van der Waals surface area contributed by atoms with Gasteiger partial charge in [0, 0.05) is 11.6 Å². The molecule has 1 aliphatic rings. The summed E-state index contributed by atoms with van der Waals surface area (Å²) in [6, 6.07) is 1.50. The van der Waals surface area contributed by atoms with Crippen LogP contribution >= 0.6 is 11.6 Å².